The van der Waals surface area contributed by atoms with Gasteiger partial charge in [0.05, 0.1) is 6.61 Å². The van der Waals surface area contributed by atoms with Crippen LogP contribution in [-0.4, -0.2) is 24.5 Å². The van der Waals surface area contributed by atoms with Gasteiger partial charge in [-0.3, -0.25) is 4.79 Å². The van der Waals surface area contributed by atoms with Crippen molar-refractivity contribution in [3.05, 3.63) is 35.6 Å². The molecule has 0 atom stereocenters. The van der Waals surface area contributed by atoms with Crippen molar-refractivity contribution >= 4 is 5.78 Å². The van der Waals surface area contributed by atoms with Gasteiger partial charge in [0.1, 0.15) is 12.4 Å². The smallest absolute Gasteiger partial charge is 0.188 e. The van der Waals surface area contributed by atoms with Crippen LogP contribution in [0.3, 0.4) is 0 Å². The molecule has 0 fully saturated rings. The van der Waals surface area contributed by atoms with Gasteiger partial charge in [0.2, 0.25) is 0 Å². The van der Waals surface area contributed by atoms with Crippen LogP contribution in [-0.2, 0) is 4.74 Å². The lowest BCUT2D eigenvalue weighted by Crippen LogP contribution is -2.38. The van der Waals surface area contributed by atoms with Crippen LogP contribution in [0.4, 0.5) is 4.39 Å². The van der Waals surface area contributed by atoms with Gasteiger partial charge in [-0.2, -0.15) is 0 Å². The Morgan fingerprint density at radius 2 is 1.94 bits per heavy atom. The minimum Gasteiger partial charge on any atom is -0.371 e. The van der Waals surface area contributed by atoms with Crippen molar-refractivity contribution in [1.82, 2.24) is 0 Å². The van der Waals surface area contributed by atoms with Crippen LogP contribution >= 0.6 is 0 Å². The fourth-order valence-corrected chi connectivity index (χ4v) is 1.13. The minimum atomic E-state index is -0.455. The number of carbonyl (C=O) groups is 1. The highest BCUT2D eigenvalue weighted by Gasteiger charge is 2.12. The molecule has 3 nitrogen and oxygen atoms in total. The molecule has 0 amide bonds. The van der Waals surface area contributed by atoms with Gasteiger partial charge in [0, 0.05) is 11.1 Å². The lowest BCUT2D eigenvalue weighted by Gasteiger charge is -2.17. The SMILES string of the molecule is CC(C)(N)COCC(=O)c1ccc(F)cc1. The molecule has 0 unspecified atom stereocenters. The molecular weight excluding hydrogens is 209 g/mol. The first-order chi connectivity index (χ1) is 7.38. The molecule has 0 radical (unpaired) electrons. The van der Waals surface area contributed by atoms with E-state index in [1.54, 1.807) is 0 Å². The Morgan fingerprint density at radius 3 is 2.44 bits per heavy atom. The number of benzene rings is 1. The van der Waals surface area contributed by atoms with Crippen LogP contribution in [0.2, 0.25) is 0 Å². The quantitative estimate of drug-likeness (QED) is 0.777. The van der Waals surface area contributed by atoms with E-state index >= 15 is 0 Å². The van der Waals surface area contributed by atoms with Crippen LogP contribution in [0, 0.1) is 5.82 Å². The summed E-state index contributed by atoms with van der Waals surface area (Å²) in [7, 11) is 0. The van der Waals surface area contributed by atoms with E-state index < -0.39 is 5.54 Å². The van der Waals surface area contributed by atoms with Gasteiger partial charge in [0.15, 0.2) is 5.78 Å². The van der Waals surface area contributed by atoms with Crippen molar-refractivity contribution in [3.8, 4) is 0 Å². The molecule has 88 valence electrons. The highest BCUT2D eigenvalue weighted by molar-refractivity contribution is 5.97. The summed E-state index contributed by atoms with van der Waals surface area (Å²) in [5.74, 6) is -0.537. The van der Waals surface area contributed by atoms with Gasteiger partial charge in [-0.25, -0.2) is 4.39 Å². The fraction of sp³-hybridized carbons (Fsp3) is 0.417. The van der Waals surface area contributed by atoms with Gasteiger partial charge >= 0.3 is 0 Å². The Kier molecular flexibility index (Phi) is 4.15. The average molecular weight is 225 g/mol. The second kappa shape index (κ2) is 5.18. The lowest BCUT2D eigenvalue weighted by molar-refractivity contribution is 0.0670. The Bertz CT molecular complexity index is 354. The Labute approximate surface area is 94.4 Å². The van der Waals surface area contributed by atoms with Crippen molar-refractivity contribution in [2.75, 3.05) is 13.2 Å². The molecule has 2 N–H and O–H groups in total. The number of hydrogen-bond acceptors (Lipinski definition) is 3. The highest BCUT2D eigenvalue weighted by atomic mass is 19.1. The van der Waals surface area contributed by atoms with E-state index in [4.69, 9.17) is 10.5 Å². The molecule has 1 aromatic carbocycles. The van der Waals surface area contributed by atoms with Crippen molar-refractivity contribution < 1.29 is 13.9 Å². The molecule has 1 aromatic rings. The molecule has 0 aromatic heterocycles. The molecule has 0 heterocycles. The monoisotopic (exact) mass is 225 g/mol. The van der Waals surface area contributed by atoms with Crippen LogP contribution in [0.1, 0.15) is 24.2 Å². The van der Waals surface area contributed by atoms with Crippen molar-refractivity contribution in [3.63, 3.8) is 0 Å². The van der Waals surface area contributed by atoms with E-state index in [1.165, 1.54) is 24.3 Å². The first-order valence-corrected chi connectivity index (χ1v) is 5.04. The zero-order valence-electron chi connectivity index (χ0n) is 9.50. The third-order valence-electron chi connectivity index (χ3n) is 1.87. The molecule has 0 spiro atoms. The van der Waals surface area contributed by atoms with Crippen LogP contribution < -0.4 is 5.73 Å². The normalized spacial score (nSPS) is 11.5. The minimum absolute atomic E-state index is 0.0355. The summed E-state index contributed by atoms with van der Waals surface area (Å²) in [6, 6.07) is 5.38. The molecular formula is C12H16FNO2. The van der Waals surface area contributed by atoms with Gasteiger partial charge in [-0.05, 0) is 38.1 Å². The fourth-order valence-electron chi connectivity index (χ4n) is 1.13. The Morgan fingerprint density at radius 1 is 1.38 bits per heavy atom. The van der Waals surface area contributed by atoms with E-state index in [-0.39, 0.29) is 18.2 Å². The van der Waals surface area contributed by atoms with Crippen molar-refractivity contribution in [2.24, 2.45) is 5.73 Å². The molecule has 0 saturated carbocycles. The maximum absolute atomic E-state index is 12.6. The highest BCUT2D eigenvalue weighted by Crippen LogP contribution is 2.05. The van der Waals surface area contributed by atoms with Crippen LogP contribution in [0.25, 0.3) is 0 Å². The molecule has 0 aliphatic carbocycles. The van der Waals surface area contributed by atoms with Crippen molar-refractivity contribution in [1.29, 1.82) is 0 Å². The summed E-state index contributed by atoms with van der Waals surface area (Å²) in [5.41, 5.74) is 5.68. The molecule has 4 heteroatoms. The lowest BCUT2D eigenvalue weighted by atomic mass is 10.1. The molecule has 16 heavy (non-hydrogen) atoms. The van der Waals surface area contributed by atoms with Gasteiger partial charge < -0.3 is 10.5 Å². The van der Waals surface area contributed by atoms with E-state index in [9.17, 15) is 9.18 Å². The molecule has 0 bridgehead atoms. The van der Waals surface area contributed by atoms with Gasteiger partial charge in [-0.15, -0.1) is 0 Å². The van der Waals surface area contributed by atoms with E-state index in [2.05, 4.69) is 0 Å². The standard InChI is InChI=1S/C12H16FNO2/c1-12(2,14)8-16-7-11(15)9-3-5-10(13)6-4-9/h3-6H,7-8,14H2,1-2H3. The molecule has 0 saturated heterocycles. The summed E-state index contributed by atoms with van der Waals surface area (Å²) >= 11 is 0. The summed E-state index contributed by atoms with van der Waals surface area (Å²) in [4.78, 5) is 11.6. The Hall–Kier alpha value is -1.26. The number of Topliss-reactive ketones (excluding diaryl/α,β-unsaturated/α-hetero) is 1. The number of ether oxygens (including phenoxy) is 1. The number of halogens is 1. The van der Waals surface area contributed by atoms with Crippen LogP contribution in [0.15, 0.2) is 24.3 Å². The number of hydrogen-bond donors (Lipinski definition) is 1. The summed E-state index contributed by atoms with van der Waals surface area (Å²) in [5, 5.41) is 0. The van der Waals surface area contributed by atoms with E-state index in [1.807, 2.05) is 13.8 Å². The maximum atomic E-state index is 12.6. The predicted molar refractivity (Wildman–Crippen MR) is 59.8 cm³/mol. The zero-order valence-corrected chi connectivity index (χ0v) is 9.50. The van der Waals surface area contributed by atoms with Gasteiger partial charge in [0.25, 0.3) is 0 Å². The Balaban J connectivity index is 2.44. The molecule has 0 aliphatic heterocycles. The molecule has 1 rings (SSSR count). The summed E-state index contributed by atoms with van der Waals surface area (Å²) in [6.45, 7) is 3.90. The summed E-state index contributed by atoms with van der Waals surface area (Å²) < 4.78 is 17.8. The second-order valence-electron chi connectivity index (χ2n) is 4.41. The number of carbonyl (C=O) groups excluding carboxylic acids is 1. The summed E-state index contributed by atoms with van der Waals surface area (Å²) in [6.07, 6.45) is 0. The van der Waals surface area contributed by atoms with Crippen LogP contribution in [0.5, 0.6) is 0 Å². The second-order valence-corrected chi connectivity index (χ2v) is 4.41. The average Bonchev–Trinajstić information content (AvgIpc) is 2.16. The topological polar surface area (TPSA) is 52.3 Å². The predicted octanol–water partition coefficient (Wildman–Crippen LogP) is 1.76. The van der Waals surface area contributed by atoms with Gasteiger partial charge in [-0.1, -0.05) is 0 Å². The molecule has 0 aliphatic rings. The number of ketones is 1. The number of nitrogens with two attached hydrogens (primary N) is 1. The first-order valence-electron chi connectivity index (χ1n) is 5.04. The maximum Gasteiger partial charge on any atom is 0.188 e. The third kappa shape index (κ3) is 4.51. The zero-order chi connectivity index (χ0) is 12.2. The largest absolute Gasteiger partial charge is 0.371 e. The third-order valence-corrected chi connectivity index (χ3v) is 1.87. The van der Waals surface area contributed by atoms with E-state index in [0.717, 1.165) is 0 Å². The number of rotatable bonds is 5. The van der Waals surface area contributed by atoms with E-state index in [0.29, 0.717) is 12.2 Å². The first kappa shape index (κ1) is 12.8. The van der Waals surface area contributed by atoms with Crippen molar-refractivity contribution in [2.45, 2.75) is 19.4 Å².